The summed E-state index contributed by atoms with van der Waals surface area (Å²) >= 11 is 3.43. The van der Waals surface area contributed by atoms with Crippen LogP contribution in [0.2, 0.25) is 0 Å². The van der Waals surface area contributed by atoms with Crippen LogP contribution < -0.4 is 4.90 Å². The van der Waals surface area contributed by atoms with E-state index in [4.69, 9.17) is 0 Å². The van der Waals surface area contributed by atoms with Crippen LogP contribution in [0.3, 0.4) is 0 Å². The third-order valence-corrected chi connectivity index (χ3v) is 4.53. The fourth-order valence-electron chi connectivity index (χ4n) is 2.87. The van der Waals surface area contributed by atoms with Crippen LogP contribution in [0.25, 0.3) is 0 Å². The minimum absolute atomic E-state index is 0.595. The Labute approximate surface area is 110 Å². The number of hydrogen-bond donors (Lipinski definition) is 0. The van der Waals surface area contributed by atoms with Crippen molar-refractivity contribution < 1.29 is 0 Å². The fraction of sp³-hybridized carbons (Fsp3) is 0.500. The van der Waals surface area contributed by atoms with Crippen LogP contribution in [0.15, 0.2) is 22.7 Å². The third-order valence-electron chi connectivity index (χ3n) is 4.04. The molecule has 1 heterocycles. The van der Waals surface area contributed by atoms with Crippen LogP contribution in [-0.2, 0) is 0 Å². The third kappa shape index (κ3) is 2.07. The number of benzene rings is 1. The quantitative estimate of drug-likeness (QED) is 0.789. The van der Waals surface area contributed by atoms with Gasteiger partial charge in [0.1, 0.15) is 6.07 Å². The molecule has 0 atom stereocenters. The van der Waals surface area contributed by atoms with Gasteiger partial charge in [-0.05, 0) is 49.3 Å². The monoisotopic (exact) mass is 290 g/mol. The van der Waals surface area contributed by atoms with Gasteiger partial charge in [0.2, 0.25) is 0 Å². The molecule has 1 aromatic rings. The van der Waals surface area contributed by atoms with Crippen molar-refractivity contribution in [2.24, 2.45) is 5.41 Å². The van der Waals surface area contributed by atoms with Gasteiger partial charge in [-0.2, -0.15) is 5.26 Å². The van der Waals surface area contributed by atoms with E-state index < -0.39 is 0 Å². The number of anilines is 1. The summed E-state index contributed by atoms with van der Waals surface area (Å²) in [6.07, 6.45) is 5.40. The molecule has 1 saturated heterocycles. The molecule has 3 heteroatoms. The van der Waals surface area contributed by atoms with E-state index in [1.165, 1.54) is 25.7 Å². The second-order valence-electron chi connectivity index (χ2n) is 5.30. The molecule has 1 saturated carbocycles. The molecule has 17 heavy (non-hydrogen) atoms. The first-order chi connectivity index (χ1) is 8.22. The number of nitrogens with zero attached hydrogens (tertiary/aromatic N) is 2. The first kappa shape index (κ1) is 11.1. The van der Waals surface area contributed by atoms with E-state index in [0.717, 1.165) is 28.8 Å². The molecular weight excluding hydrogens is 276 g/mol. The topological polar surface area (TPSA) is 27.0 Å². The second kappa shape index (κ2) is 4.03. The Hall–Kier alpha value is -1.01. The van der Waals surface area contributed by atoms with Crippen molar-refractivity contribution in [1.29, 1.82) is 5.26 Å². The Morgan fingerprint density at radius 1 is 1.29 bits per heavy atom. The standard InChI is InChI=1S/C14H15BrN2/c15-12-2-3-13(11(8-12)9-16)17-7-1-4-14(10-17)5-6-14/h2-3,8H,1,4-7,10H2. The summed E-state index contributed by atoms with van der Waals surface area (Å²) in [6.45, 7) is 2.24. The Balaban J connectivity index is 1.90. The van der Waals surface area contributed by atoms with E-state index in [9.17, 15) is 5.26 Å². The summed E-state index contributed by atoms with van der Waals surface area (Å²) in [6, 6.07) is 8.34. The molecule has 1 aliphatic carbocycles. The molecule has 2 fully saturated rings. The molecule has 0 unspecified atom stereocenters. The molecule has 1 aromatic carbocycles. The van der Waals surface area contributed by atoms with Gasteiger partial charge in [0.25, 0.3) is 0 Å². The van der Waals surface area contributed by atoms with E-state index in [1.54, 1.807) is 0 Å². The Morgan fingerprint density at radius 2 is 2.12 bits per heavy atom. The van der Waals surface area contributed by atoms with E-state index in [0.29, 0.717) is 5.41 Å². The molecule has 0 aromatic heterocycles. The molecule has 0 bridgehead atoms. The Bertz CT molecular complexity index is 485. The zero-order valence-electron chi connectivity index (χ0n) is 9.75. The van der Waals surface area contributed by atoms with Gasteiger partial charge < -0.3 is 4.90 Å². The van der Waals surface area contributed by atoms with Crippen LogP contribution in [0.5, 0.6) is 0 Å². The predicted molar refractivity (Wildman–Crippen MR) is 72.0 cm³/mol. The van der Waals surface area contributed by atoms with E-state index >= 15 is 0 Å². The highest BCUT2D eigenvalue weighted by atomic mass is 79.9. The largest absolute Gasteiger partial charge is 0.370 e. The molecule has 0 N–H and O–H groups in total. The Morgan fingerprint density at radius 3 is 2.82 bits per heavy atom. The minimum Gasteiger partial charge on any atom is -0.370 e. The lowest BCUT2D eigenvalue weighted by Gasteiger charge is -2.35. The maximum absolute atomic E-state index is 9.22. The minimum atomic E-state index is 0.595. The SMILES string of the molecule is N#Cc1cc(Br)ccc1N1CCCC2(CC2)C1. The highest BCUT2D eigenvalue weighted by Crippen LogP contribution is 2.52. The van der Waals surface area contributed by atoms with Gasteiger partial charge in [0, 0.05) is 17.6 Å². The van der Waals surface area contributed by atoms with Gasteiger partial charge in [0.15, 0.2) is 0 Å². The maximum atomic E-state index is 9.22. The van der Waals surface area contributed by atoms with Gasteiger partial charge in [-0.3, -0.25) is 0 Å². The summed E-state index contributed by atoms with van der Waals surface area (Å²) in [5.41, 5.74) is 2.50. The normalized spacial score (nSPS) is 21.3. The number of nitriles is 1. The van der Waals surface area contributed by atoms with Crippen molar-refractivity contribution in [2.45, 2.75) is 25.7 Å². The van der Waals surface area contributed by atoms with Crippen LogP contribution in [0, 0.1) is 16.7 Å². The molecular formula is C14H15BrN2. The van der Waals surface area contributed by atoms with Gasteiger partial charge >= 0.3 is 0 Å². The van der Waals surface area contributed by atoms with Crippen molar-refractivity contribution in [3.63, 3.8) is 0 Å². The van der Waals surface area contributed by atoms with Crippen molar-refractivity contribution in [1.82, 2.24) is 0 Å². The summed E-state index contributed by atoms with van der Waals surface area (Å²) in [7, 11) is 0. The highest BCUT2D eigenvalue weighted by Gasteiger charge is 2.45. The molecule has 1 spiro atoms. The van der Waals surface area contributed by atoms with Crippen LogP contribution in [0.1, 0.15) is 31.2 Å². The molecule has 3 rings (SSSR count). The smallest absolute Gasteiger partial charge is 0.101 e. The van der Waals surface area contributed by atoms with Crippen molar-refractivity contribution in [2.75, 3.05) is 18.0 Å². The summed E-state index contributed by atoms with van der Waals surface area (Å²) < 4.78 is 0.982. The van der Waals surface area contributed by atoms with E-state index in [-0.39, 0.29) is 0 Å². The first-order valence-electron chi connectivity index (χ1n) is 6.17. The molecule has 88 valence electrons. The number of piperidine rings is 1. The zero-order chi connectivity index (χ0) is 11.9. The lowest BCUT2D eigenvalue weighted by Crippen LogP contribution is -2.36. The Kier molecular flexibility index (Phi) is 2.63. The molecule has 1 aliphatic heterocycles. The van der Waals surface area contributed by atoms with E-state index in [1.807, 2.05) is 12.1 Å². The van der Waals surface area contributed by atoms with Crippen LogP contribution in [-0.4, -0.2) is 13.1 Å². The van der Waals surface area contributed by atoms with Gasteiger partial charge in [0.05, 0.1) is 11.3 Å². The lowest BCUT2D eigenvalue weighted by molar-refractivity contribution is 0.395. The molecule has 2 nitrogen and oxygen atoms in total. The summed E-state index contributed by atoms with van der Waals surface area (Å²) in [5.74, 6) is 0. The zero-order valence-corrected chi connectivity index (χ0v) is 11.3. The number of hydrogen-bond acceptors (Lipinski definition) is 2. The van der Waals surface area contributed by atoms with Crippen LogP contribution >= 0.6 is 15.9 Å². The molecule has 0 radical (unpaired) electrons. The van der Waals surface area contributed by atoms with E-state index in [2.05, 4.69) is 33.0 Å². The van der Waals surface area contributed by atoms with Crippen LogP contribution in [0.4, 0.5) is 5.69 Å². The van der Waals surface area contributed by atoms with Crippen molar-refractivity contribution >= 4 is 21.6 Å². The molecule has 2 aliphatic rings. The van der Waals surface area contributed by atoms with Gasteiger partial charge in [-0.15, -0.1) is 0 Å². The average molecular weight is 291 g/mol. The van der Waals surface area contributed by atoms with Gasteiger partial charge in [-0.1, -0.05) is 15.9 Å². The van der Waals surface area contributed by atoms with Crippen molar-refractivity contribution in [3.05, 3.63) is 28.2 Å². The summed E-state index contributed by atoms with van der Waals surface area (Å²) in [5, 5.41) is 9.22. The maximum Gasteiger partial charge on any atom is 0.101 e. The highest BCUT2D eigenvalue weighted by molar-refractivity contribution is 9.10. The number of halogens is 1. The number of rotatable bonds is 1. The predicted octanol–water partition coefficient (Wildman–Crippen LogP) is 3.70. The van der Waals surface area contributed by atoms with Gasteiger partial charge in [-0.25, -0.2) is 0 Å². The molecule has 0 amide bonds. The second-order valence-corrected chi connectivity index (χ2v) is 6.21. The summed E-state index contributed by atoms with van der Waals surface area (Å²) in [4.78, 5) is 2.40. The average Bonchev–Trinajstić information content (AvgIpc) is 3.08. The lowest BCUT2D eigenvalue weighted by atomic mass is 9.94. The van der Waals surface area contributed by atoms with Crippen molar-refractivity contribution in [3.8, 4) is 6.07 Å². The first-order valence-corrected chi connectivity index (χ1v) is 6.96. The fourth-order valence-corrected chi connectivity index (χ4v) is 3.23.